The van der Waals surface area contributed by atoms with E-state index in [2.05, 4.69) is 0 Å². The number of carbonyl (C=O) groups is 2. The highest BCUT2D eigenvalue weighted by Crippen LogP contribution is 2.17. The van der Waals surface area contributed by atoms with Gasteiger partial charge in [-0.15, -0.1) is 12.4 Å². The molecule has 1 fully saturated rings. The van der Waals surface area contributed by atoms with Crippen molar-refractivity contribution >= 4 is 24.1 Å². The molecule has 23 heavy (non-hydrogen) atoms. The van der Waals surface area contributed by atoms with Crippen LogP contribution in [0.2, 0.25) is 0 Å². The Morgan fingerprint density at radius 3 is 2.35 bits per heavy atom. The zero-order chi connectivity index (χ0) is 16.1. The van der Waals surface area contributed by atoms with E-state index in [-0.39, 0.29) is 42.5 Å². The average Bonchev–Trinajstić information content (AvgIpc) is 2.54. The summed E-state index contributed by atoms with van der Waals surface area (Å²) in [4.78, 5) is 25.7. The maximum absolute atomic E-state index is 13.1. The van der Waals surface area contributed by atoms with Crippen LogP contribution in [0.25, 0.3) is 0 Å². The van der Waals surface area contributed by atoms with Crippen molar-refractivity contribution in [1.29, 1.82) is 0 Å². The molecular formula is C16H21ClF2N2O2. The van der Waals surface area contributed by atoms with Gasteiger partial charge in [-0.05, 0) is 43.5 Å². The smallest absolute Gasteiger partial charge is 0.223 e. The van der Waals surface area contributed by atoms with Crippen molar-refractivity contribution in [2.75, 3.05) is 19.6 Å². The molecule has 1 aromatic rings. The summed E-state index contributed by atoms with van der Waals surface area (Å²) in [6.45, 7) is 1.97. The van der Waals surface area contributed by atoms with E-state index in [1.54, 1.807) is 4.90 Å². The fourth-order valence-electron chi connectivity index (χ4n) is 2.61. The zero-order valence-corrected chi connectivity index (χ0v) is 13.6. The lowest BCUT2D eigenvalue weighted by molar-refractivity contribution is -0.132. The number of nitrogens with two attached hydrogens (primary N) is 1. The molecule has 0 aromatic heterocycles. The Morgan fingerprint density at radius 2 is 1.78 bits per heavy atom. The van der Waals surface area contributed by atoms with Gasteiger partial charge in [-0.3, -0.25) is 9.59 Å². The third-order valence-electron chi connectivity index (χ3n) is 4.11. The Hall–Kier alpha value is -1.53. The second-order valence-corrected chi connectivity index (χ2v) is 5.61. The van der Waals surface area contributed by atoms with Crippen molar-refractivity contribution in [2.45, 2.75) is 25.7 Å². The molecule has 0 aliphatic carbocycles. The number of likely N-dealkylation sites (tertiary alicyclic amines) is 1. The van der Waals surface area contributed by atoms with Gasteiger partial charge in [0.1, 0.15) is 0 Å². The summed E-state index contributed by atoms with van der Waals surface area (Å²) < 4.78 is 25.9. The maximum atomic E-state index is 13.1. The van der Waals surface area contributed by atoms with Crippen LogP contribution in [-0.4, -0.2) is 36.2 Å². The molecule has 128 valence electrons. The van der Waals surface area contributed by atoms with Crippen molar-refractivity contribution in [3.63, 3.8) is 0 Å². The fraction of sp³-hybridized carbons (Fsp3) is 0.500. The lowest BCUT2D eigenvalue weighted by Crippen LogP contribution is -2.40. The van der Waals surface area contributed by atoms with Gasteiger partial charge in [0.15, 0.2) is 17.4 Å². The van der Waals surface area contributed by atoms with E-state index < -0.39 is 11.6 Å². The van der Waals surface area contributed by atoms with E-state index in [0.29, 0.717) is 25.6 Å². The van der Waals surface area contributed by atoms with E-state index in [1.807, 2.05) is 0 Å². The summed E-state index contributed by atoms with van der Waals surface area (Å²) >= 11 is 0. The van der Waals surface area contributed by atoms with Crippen LogP contribution in [0.5, 0.6) is 0 Å². The molecule has 1 aliphatic rings. The molecule has 4 nitrogen and oxygen atoms in total. The van der Waals surface area contributed by atoms with Gasteiger partial charge in [0.05, 0.1) is 0 Å². The quantitative estimate of drug-likeness (QED) is 0.833. The van der Waals surface area contributed by atoms with Crippen LogP contribution in [0, 0.1) is 17.6 Å². The molecule has 1 amide bonds. The van der Waals surface area contributed by atoms with Crippen LogP contribution in [0.4, 0.5) is 8.78 Å². The molecule has 7 heteroatoms. The van der Waals surface area contributed by atoms with Crippen molar-refractivity contribution in [1.82, 2.24) is 4.90 Å². The number of hydrogen-bond acceptors (Lipinski definition) is 3. The maximum Gasteiger partial charge on any atom is 0.223 e. The molecular weight excluding hydrogens is 326 g/mol. The second-order valence-electron chi connectivity index (χ2n) is 5.61. The highest BCUT2D eigenvalue weighted by Gasteiger charge is 2.22. The number of halogens is 3. The van der Waals surface area contributed by atoms with Crippen molar-refractivity contribution in [2.24, 2.45) is 11.7 Å². The highest BCUT2D eigenvalue weighted by molar-refractivity contribution is 5.97. The number of carbonyl (C=O) groups excluding carboxylic acids is 2. The first-order valence-corrected chi connectivity index (χ1v) is 7.47. The summed E-state index contributed by atoms with van der Waals surface area (Å²) in [6, 6.07) is 3.02. The molecule has 0 atom stereocenters. The van der Waals surface area contributed by atoms with Crippen LogP contribution in [0.15, 0.2) is 18.2 Å². The molecule has 2 rings (SSSR count). The van der Waals surface area contributed by atoms with Gasteiger partial charge in [-0.25, -0.2) is 8.78 Å². The molecule has 0 unspecified atom stereocenters. The molecule has 1 aromatic carbocycles. The fourth-order valence-corrected chi connectivity index (χ4v) is 2.61. The molecule has 0 spiro atoms. The summed E-state index contributed by atoms with van der Waals surface area (Å²) in [6.07, 6.45) is 1.87. The Labute approximate surface area is 140 Å². The minimum atomic E-state index is -1.05. The van der Waals surface area contributed by atoms with Crippen LogP contribution in [-0.2, 0) is 4.79 Å². The van der Waals surface area contributed by atoms with Gasteiger partial charge >= 0.3 is 0 Å². The molecule has 1 saturated heterocycles. The predicted octanol–water partition coefficient (Wildman–Crippen LogP) is 2.55. The number of benzene rings is 1. The first kappa shape index (κ1) is 19.5. The normalized spacial score (nSPS) is 15.2. The van der Waals surface area contributed by atoms with Crippen molar-refractivity contribution < 1.29 is 18.4 Å². The molecule has 1 heterocycles. The Kier molecular flexibility index (Phi) is 7.58. The van der Waals surface area contributed by atoms with E-state index in [1.165, 1.54) is 6.07 Å². The number of Topliss-reactive ketones (excluding diaryl/α,β-unsaturated/α-hetero) is 1. The first-order chi connectivity index (χ1) is 10.5. The number of amides is 1. The summed E-state index contributed by atoms with van der Waals surface area (Å²) in [7, 11) is 0. The van der Waals surface area contributed by atoms with Crippen LogP contribution >= 0.6 is 12.4 Å². The number of rotatable bonds is 5. The standard InChI is InChI=1S/C16H20F2N2O2.ClH/c17-13-2-1-12(9-14(13)18)15(21)3-4-16(22)20-7-5-11(10-19)6-8-20;/h1-2,9,11H,3-8,10,19H2;1H. The SMILES string of the molecule is Cl.NCC1CCN(C(=O)CCC(=O)c2ccc(F)c(F)c2)CC1. The van der Waals surface area contributed by atoms with Crippen molar-refractivity contribution in [3.05, 3.63) is 35.4 Å². The molecule has 0 radical (unpaired) electrons. The van der Waals surface area contributed by atoms with Gasteiger partial charge in [0, 0.05) is 31.5 Å². The molecule has 0 bridgehead atoms. The van der Waals surface area contributed by atoms with Gasteiger partial charge < -0.3 is 10.6 Å². The zero-order valence-electron chi connectivity index (χ0n) is 12.8. The number of nitrogens with zero attached hydrogens (tertiary/aromatic N) is 1. The van der Waals surface area contributed by atoms with Gasteiger partial charge in [-0.1, -0.05) is 0 Å². The Morgan fingerprint density at radius 1 is 1.13 bits per heavy atom. The largest absolute Gasteiger partial charge is 0.343 e. The number of hydrogen-bond donors (Lipinski definition) is 1. The Bertz CT molecular complexity index is 561. The lowest BCUT2D eigenvalue weighted by Gasteiger charge is -2.31. The van der Waals surface area contributed by atoms with Crippen LogP contribution in [0.3, 0.4) is 0 Å². The van der Waals surface area contributed by atoms with Crippen LogP contribution < -0.4 is 5.73 Å². The van der Waals surface area contributed by atoms with Gasteiger partial charge in [0.25, 0.3) is 0 Å². The molecule has 0 saturated carbocycles. The van der Waals surface area contributed by atoms with E-state index in [9.17, 15) is 18.4 Å². The third kappa shape index (κ3) is 5.25. The average molecular weight is 347 g/mol. The summed E-state index contributed by atoms with van der Waals surface area (Å²) in [5, 5.41) is 0. The minimum absolute atomic E-state index is 0. The second kappa shape index (κ2) is 8.93. The minimum Gasteiger partial charge on any atom is -0.343 e. The molecule has 1 aliphatic heterocycles. The number of ketones is 1. The number of piperidine rings is 1. The van der Waals surface area contributed by atoms with E-state index >= 15 is 0 Å². The summed E-state index contributed by atoms with van der Waals surface area (Å²) in [5.74, 6) is -2.01. The predicted molar refractivity (Wildman–Crippen MR) is 85.5 cm³/mol. The monoisotopic (exact) mass is 346 g/mol. The van der Waals surface area contributed by atoms with E-state index in [0.717, 1.165) is 25.0 Å². The van der Waals surface area contributed by atoms with Gasteiger partial charge in [-0.2, -0.15) is 0 Å². The summed E-state index contributed by atoms with van der Waals surface area (Å²) in [5.41, 5.74) is 5.70. The molecule has 2 N–H and O–H groups in total. The third-order valence-corrected chi connectivity index (χ3v) is 4.11. The topological polar surface area (TPSA) is 63.4 Å². The van der Waals surface area contributed by atoms with Crippen molar-refractivity contribution in [3.8, 4) is 0 Å². The van der Waals surface area contributed by atoms with Gasteiger partial charge in [0.2, 0.25) is 5.91 Å². The first-order valence-electron chi connectivity index (χ1n) is 7.47. The van der Waals surface area contributed by atoms with Crippen LogP contribution in [0.1, 0.15) is 36.0 Å². The Balaban J connectivity index is 0.00000264. The highest BCUT2D eigenvalue weighted by atomic mass is 35.5. The lowest BCUT2D eigenvalue weighted by atomic mass is 9.96. The van der Waals surface area contributed by atoms with E-state index in [4.69, 9.17) is 5.73 Å².